The van der Waals surface area contributed by atoms with Crippen LogP contribution in [0.1, 0.15) is 32.6 Å². The minimum absolute atomic E-state index is 0.0857. The molecule has 0 fully saturated rings. The first kappa shape index (κ1) is 11.0. The Balaban J connectivity index is 2.24. The highest BCUT2D eigenvalue weighted by Crippen LogP contribution is 2.21. The van der Waals surface area contributed by atoms with Crippen LogP contribution in [0.5, 0.6) is 0 Å². The van der Waals surface area contributed by atoms with Gasteiger partial charge in [0.2, 0.25) is 6.54 Å². The highest BCUT2D eigenvalue weighted by Gasteiger charge is 2.06. The van der Waals surface area contributed by atoms with Gasteiger partial charge in [0.25, 0.3) is 0 Å². The third-order valence-electron chi connectivity index (χ3n) is 2.60. The lowest BCUT2D eigenvalue weighted by Gasteiger charge is -2.13. The monoisotopic (exact) mass is 195 g/mol. The van der Waals surface area contributed by atoms with Crippen LogP contribution >= 0.6 is 0 Å². The quantitative estimate of drug-likeness (QED) is 0.500. The van der Waals surface area contributed by atoms with E-state index in [1.165, 1.54) is 12.0 Å². The zero-order valence-corrected chi connectivity index (χ0v) is 8.61. The van der Waals surface area contributed by atoms with Crippen molar-refractivity contribution in [3.05, 3.63) is 33.9 Å². The molecule has 1 rings (SSSR count). The van der Waals surface area contributed by atoms with Gasteiger partial charge in [-0.25, -0.2) is 0 Å². The van der Waals surface area contributed by atoms with Gasteiger partial charge >= 0.3 is 0 Å². The fourth-order valence-electron chi connectivity index (χ4n) is 1.61. The molecule has 0 aliphatic heterocycles. The molecule has 0 spiro atoms. The molecule has 0 radical (unpaired) electrons. The maximum absolute atomic E-state index is 10.1. The van der Waals surface area contributed by atoms with Crippen molar-refractivity contribution < 1.29 is 4.92 Å². The molecule has 78 valence electrons. The standard InChI is InChI=1S/C11H17NO2/c1-2-10-5-7-11(8-6-10)4-3-9-12(13)14/h5,7-8,10H,2-4,6,9H2,1H3. The van der Waals surface area contributed by atoms with E-state index in [1.54, 1.807) is 0 Å². The predicted molar refractivity (Wildman–Crippen MR) is 56.7 cm³/mol. The van der Waals surface area contributed by atoms with Crippen molar-refractivity contribution in [2.24, 2.45) is 5.92 Å². The number of nitro groups is 1. The lowest BCUT2D eigenvalue weighted by atomic mass is 9.93. The fourth-order valence-corrected chi connectivity index (χ4v) is 1.61. The van der Waals surface area contributed by atoms with Crippen LogP contribution in [-0.4, -0.2) is 11.5 Å². The summed E-state index contributed by atoms with van der Waals surface area (Å²) in [6, 6.07) is 0. The van der Waals surface area contributed by atoms with Gasteiger partial charge in [0.15, 0.2) is 0 Å². The molecular formula is C11H17NO2. The number of nitrogens with zero attached hydrogens (tertiary/aromatic N) is 1. The van der Waals surface area contributed by atoms with Crippen molar-refractivity contribution in [2.45, 2.75) is 32.6 Å². The highest BCUT2D eigenvalue weighted by molar-refractivity contribution is 5.23. The predicted octanol–water partition coefficient (Wildman–Crippen LogP) is 2.96. The zero-order valence-electron chi connectivity index (χ0n) is 8.61. The molecule has 0 amide bonds. The summed E-state index contributed by atoms with van der Waals surface area (Å²) in [5.74, 6) is 0.675. The molecule has 1 aliphatic rings. The van der Waals surface area contributed by atoms with Crippen LogP contribution in [0.4, 0.5) is 0 Å². The van der Waals surface area contributed by atoms with Crippen molar-refractivity contribution in [3.63, 3.8) is 0 Å². The van der Waals surface area contributed by atoms with Gasteiger partial charge < -0.3 is 0 Å². The molecule has 0 aromatic rings. The second-order valence-corrected chi connectivity index (χ2v) is 3.70. The molecule has 0 bridgehead atoms. The van der Waals surface area contributed by atoms with E-state index < -0.39 is 0 Å². The molecule has 3 nitrogen and oxygen atoms in total. The highest BCUT2D eigenvalue weighted by atomic mass is 16.6. The summed E-state index contributed by atoms with van der Waals surface area (Å²) in [5, 5.41) is 10.1. The summed E-state index contributed by atoms with van der Waals surface area (Å²) >= 11 is 0. The zero-order chi connectivity index (χ0) is 10.4. The van der Waals surface area contributed by atoms with Gasteiger partial charge in [-0.2, -0.15) is 0 Å². The van der Waals surface area contributed by atoms with Crippen LogP contribution in [0.25, 0.3) is 0 Å². The second-order valence-electron chi connectivity index (χ2n) is 3.70. The molecular weight excluding hydrogens is 178 g/mol. The molecule has 1 unspecified atom stereocenters. The van der Waals surface area contributed by atoms with Crippen molar-refractivity contribution in [1.29, 1.82) is 0 Å². The second kappa shape index (κ2) is 5.58. The minimum Gasteiger partial charge on any atom is -0.265 e. The van der Waals surface area contributed by atoms with Gasteiger partial charge in [-0.1, -0.05) is 30.7 Å². The third kappa shape index (κ3) is 3.73. The van der Waals surface area contributed by atoms with Crippen molar-refractivity contribution in [3.8, 4) is 0 Å². The molecule has 0 aromatic carbocycles. The Morgan fingerprint density at radius 2 is 2.43 bits per heavy atom. The van der Waals surface area contributed by atoms with Crippen LogP contribution in [0.15, 0.2) is 23.8 Å². The Morgan fingerprint density at radius 1 is 1.64 bits per heavy atom. The van der Waals surface area contributed by atoms with E-state index in [4.69, 9.17) is 0 Å². The number of hydrogen-bond acceptors (Lipinski definition) is 2. The SMILES string of the molecule is CCC1C=CC(CCC[N+](=O)[O-])=CC1. The van der Waals surface area contributed by atoms with Crippen molar-refractivity contribution in [1.82, 2.24) is 0 Å². The topological polar surface area (TPSA) is 43.1 Å². The molecule has 0 aromatic heterocycles. The molecule has 1 atom stereocenters. The van der Waals surface area contributed by atoms with E-state index in [-0.39, 0.29) is 11.5 Å². The summed E-state index contributed by atoms with van der Waals surface area (Å²) in [7, 11) is 0. The van der Waals surface area contributed by atoms with E-state index in [2.05, 4.69) is 25.2 Å². The molecule has 0 saturated heterocycles. The molecule has 14 heavy (non-hydrogen) atoms. The fraction of sp³-hybridized carbons (Fsp3) is 0.636. The lowest BCUT2D eigenvalue weighted by molar-refractivity contribution is -0.480. The Kier molecular flexibility index (Phi) is 4.36. The van der Waals surface area contributed by atoms with E-state index in [1.807, 2.05) is 0 Å². The Labute approximate surface area is 84.7 Å². The number of rotatable bonds is 5. The first-order valence-electron chi connectivity index (χ1n) is 5.21. The van der Waals surface area contributed by atoms with Gasteiger partial charge in [-0.3, -0.25) is 10.1 Å². The van der Waals surface area contributed by atoms with E-state index in [0.29, 0.717) is 12.3 Å². The molecule has 0 heterocycles. The molecule has 0 saturated carbocycles. The summed E-state index contributed by atoms with van der Waals surface area (Å²) in [6.07, 6.45) is 10.3. The van der Waals surface area contributed by atoms with Crippen LogP contribution in [0.2, 0.25) is 0 Å². The van der Waals surface area contributed by atoms with Gasteiger partial charge in [0.05, 0.1) is 0 Å². The van der Waals surface area contributed by atoms with Gasteiger partial charge in [-0.15, -0.1) is 0 Å². The number of allylic oxidation sites excluding steroid dienone is 4. The maximum Gasteiger partial charge on any atom is 0.204 e. The first-order chi connectivity index (χ1) is 6.72. The third-order valence-corrected chi connectivity index (χ3v) is 2.60. The summed E-state index contributed by atoms with van der Waals surface area (Å²) in [4.78, 5) is 9.86. The average Bonchev–Trinajstić information content (AvgIpc) is 2.18. The Hall–Kier alpha value is -1.12. The normalized spacial score (nSPS) is 20.6. The van der Waals surface area contributed by atoms with Crippen LogP contribution in [0, 0.1) is 16.0 Å². The number of hydrogen-bond donors (Lipinski definition) is 0. The Bertz CT molecular complexity index is 256. The molecule has 1 aliphatic carbocycles. The van der Waals surface area contributed by atoms with Crippen molar-refractivity contribution >= 4 is 0 Å². The largest absolute Gasteiger partial charge is 0.265 e. The summed E-state index contributed by atoms with van der Waals surface area (Å²) in [6.45, 7) is 2.27. The van der Waals surface area contributed by atoms with Crippen LogP contribution in [-0.2, 0) is 0 Å². The lowest BCUT2D eigenvalue weighted by Crippen LogP contribution is -2.02. The van der Waals surface area contributed by atoms with Gasteiger partial charge in [0.1, 0.15) is 0 Å². The van der Waals surface area contributed by atoms with E-state index in [0.717, 1.165) is 12.8 Å². The minimum atomic E-state index is -0.248. The first-order valence-corrected chi connectivity index (χ1v) is 5.21. The molecule has 3 heteroatoms. The van der Waals surface area contributed by atoms with Gasteiger partial charge in [0, 0.05) is 11.3 Å². The smallest absolute Gasteiger partial charge is 0.204 e. The maximum atomic E-state index is 10.1. The van der Waals surface area contributed by atoms with Crippen LogP contribution < -0.4 is 0 Å². The van der Waals surface area contributed by atoms with Crippen molar-refractivity contribution in [2.75, 3.05) is 6.54 Å². The van der Waals surface area contributed by atoms with E-state index in [9.17, 15) is 10.1 Å². The summed E-state index contributed by atoms with van der Waals surface area (Å²) < 4.78 is 0. The molecule has 0 N–H and O–H groups in total. The summed E-state index contributed by atoms with van der Waals surface area (Å²) in [5.41, 5.74) is 1.26. The average molecular weight is 195 g/mol. The van der Waals surface area contributed by atoms with Gasteiger partial charge in [-0.05, 0) is 25.2 Å². The van der Waals surface area contributed by atoms with Crippen LogP contribution in [0.3, 0.4) is 0 Å². The Morgan fingerprint density at radius 3 is 2.93 bits per heavy atom. The van der Waals surface area contributed by atoms with E-state index >= 15 is 0 Å².